The predicted molar refractivity (Wildman–Crippen MR) is 79.9 cm³/mol. The lowest BCUT2D eigenvalue weighted by Crippen LogP contribution is -2.36. The molecular formula is C14H24N4S. The summed E-state index contributed by atoms with van der Waals surface area (Å²) < 4.78 is 4.52. The van der Waals surface area contributed by atoms with E-state index in [9.17, 15) is 0 Å². The van der Waals surface area contributed by atoms with Crippen molar-refractivity contribution in [3.8, 4) is 0 Å². The zero-order chi connectivity index (χ0) is 13.4. The minimum atomic E-state index is 0.633. The van der Waals surface area contributed by atoms with Crippen LogP contribution in [0.1, 0.15) is 38.9 Å². The molecule has 0 saturated carbocycles. The van der Waals surface area contributed by atoms with Gasteiger partial charge < -0.3 is 4.90 Å². The van der Waals surface area contributed by atoms with Crippen molar-refractivity contribution >= 4 is 16.7 Å². The third-order valence-electron chi connectivity index (χ3n) is 4.47. The summed E-state index contributed by atoms with van der Waals surface area (Å²) in [4.78, 5) is 9.78. The molecule has 1 aromatic heterocycles. The first-order valence-electron chi connectivity index (χ1n) is 7.43. The first-order valence-corrected chi connectivity index (χ1v) is 8.20. The van der Waals surface area contributed by atoms with E-state index in [1.807, 2.05) is 0 Å². The Hall–Kier alpha value is -0.680. The van der Waals surface area contributed by atoms with Gasteiger partial charge >= 0.3 is 0 Å². The van der Waals surface area contributed by atoms with E-state index in [1.54, 1.807) is 11.5 Å². The van der Waals surface area contributed by atoms with E-state index in [-0.39, 0.29) is 0 Å². The number of likely N-dealkylation sites (N-methyl/N-ethyl adjacent to an activating group) is 1. The molecule has 2 bridgehead atoms. The molecule has 1 aromatic rings. The molecule has 106 valence electrons. The third-order valence-corrected chi connectivity index (χ3v) is 5.28. The molecule has 2 unspecified atom stereocenters. The maximum Gasteiger partial charge on any atom is 0.205 e. The van der Waals surface area contributed by atoms with Crippen molar-refractivity contribution in [2.24, 2.45) is 5.92 Å². The normalized spacial score (nSPS) is 28.1. The van der Waals surface area contributed by atoms with E-state index in [2.05, 4.69) is 35.1 Å². The smallest absolute Gasteiger partial charge is 0.205 e. The highest BCUT2D eigenvalue weighted by atomic mass is 32.1. The van der Waals surface area contributed by atoms with Crippen molar-refractivity contribution in [2.45, 2.75) is 51.6 Å². The molecule has 3 rings (SSSR count). The second-order valence-electron chi connectivity index (χ2n) is 6.38. The Morgan fingerprint density at radius 2 is 2.05 bits per heavy atom. The standard InChI is InChI=1S/C14H24N4S/c1-10(2)8-13-15-14(19-16-13)18-7-6-11-4-5-12(9-18)17(11)3/h10-12H,4-9H2,1-3H3. The van der Waals surface area contributed by atoms with Gasteiger partial charge in [0.2, 0.25) is 5.13 Å². The topological polar surface area (TPSA) is 32.3 Å². The minimum absolute atomic E-state index is 0.633. The third kappa shape index (κ3) is 2.77. The van der Waals surface area contributed by atoms with Gasteiger partial charge in [0.25, 0.3) is 0 Å². The first-order chi connectivity index (χ1) is 9.13. The maximum atomic E-state index is 4.74. The van der Waals surface area contributed by atoms with Crippen LogP contribution in [0.5, 0.6) is 0 Å². The predicted octanol–water partition coefficient (Wildman–Crippen LogP) is 2.41. The molecule has 2 atom stereocenters. The molecule has 0 spiro atoms. The molecule has 0 amide bonds. The van der Waals surface area contributed by atoms with Gasteiger partial charge in [0, 0.05) is 43.1 Å². The highest BCUT2D eigenvalue weighted by Crippen LogP contribution is 2.31. The summed E-state index contributed by atoms with van der Waals surface area (Å²) in [6.45, 7) is 6.71. The summed E-state index contributed by atoms with van der Waals surface area (Å²) in [5.41, 5.74) is 0. The average molecular weight is 280 g/mol. The highest BCUT2D eigenvalue weighted by molar-refractivity contribution is 7.09. The first kappa shape index (κ1) is 13.3. The van der Waals surface area contributed by atoms with E-state index >= 15 is 0 Å². The van der Waals surface area contributed by atoms with E-state index in [1.165, 1.54) is 19.3 Å². The summed E-state index contributed by atoms with van der Waals surface area (Å²) in [5.74, 6) is 1.66. The average Bonchev–Trinajstić information content (AvgIpc) is 2.85. The monoisotopic (exact) mass is 280 g/mol. The molecule has 4 nitrogen and oxygen atoms in total. The van der Waals surface area contributed by atoms with Crippen LogP contribution in [0.3, 0.4) is 0 Å². The second-order valence-corrected chi connectivity index (χ2v) is 7.11. The number of aromatic nitrogens is 2. The fourth-order valence-electron chi connectivity index (χ4n) is 3.30. The van der Waals surface area contributed by atoms with E-state index in [4.69, 9.17) is 4.98 Å². The molecule has 2 aliphatic heterocycles. The number of hydrogen-bond donors (Lipinski definition) is 0. The minimum Gasteiger partial charge on any atom is -0.345 e. The van der Waals surface area contributed by atoms with Crippen LogP contribution in [0, 0.1) is 5.92 Å². The van der Waals surface area contributed by atoms with Crippen LogP contribution in [-0.2, 0) is 6.42 Å². The zero-order valence-electron chi connectivity index (χ0n) is 12.2. The van der Waals surface area contributed by atoms with E-state index in [0.717, 1.165) is 36.5 Å². The van der Waals surface area contributed by atoms with E-state index < -0.39 is 0 Å². The Balaban J connectivity index is 1.70. The molecule has 3 heterocycles. The van der Waals surface area contributed by atoms with E-state index in [0.29, 0.717) is 12.0 Å². The van der Waals surface area contributed by atoms with Crippen molar-refractivity contribution in [3.05, 3.63) is 5.82 Å². The summed E-state index contributed by atoms with van der Waals surface area (Å²) in [6.07, 6.45) is 4.99. The van der Waals surface area contributed by atoms with Gasteiger partial charge in [0.05, 0.1) is 0 Å². The lowest BCUT2D eigenvalue weighted by atomic mass is 10.1. The molecule has 0 aliphatic carbocycles. The summed E-state index contributed by atoms with van der Waals surface area (Å²) in [7, 11) is 2.29. The Labute approximate surface area is 120 Å². The fourth-order valence-corrected chi connectivity index (χ4v) is 4.03. The van der Waals surface area contributed by atoms with Crippen LogP contribution in [0.2, 0.25) is 0 Å². The molecule has 0 radical (unpaired) electrons. The van der Waals surface area contributed by atoms with Crippen molar-refractivity contribution in [3.63, 3.8) is 0 Å². The molecule has 5 heteroatoms. The molecule has 2 aliphatic rings. The molecule has 19 heavy (non-hydrogen) atoms. The highest BCUT2D eigenvalue weighted by Gasteiger charge is 2.35. The van der Waals surface area contributed by atoms with Gasteiger partial charge in [0.15, 0.2) is 0 Å². The lowest BCUT2D eigenvalue weighted by molar-refractivity contribution is 0.254. The Morgan fingerprint density at radius 3 is 2.84 bits per heavy atom. The SMILES string of the molecule is CC(C)Cc1nsc(N2CCC3CCC(C2)N3C)n1. The van der Waals surface area contributed by atoms with Crippen LogP contribution in [0.25, 0.3) is 0 Å². The molecule has 0 N–H and O–H groups in total. The molecule has 2 fully saturated rings. The Kier molecular flexibility index (Phi) is 3.76. The van der Waals surface area contributed by atoms with Gasteiger partial charge in [-0.2, -0.15) is 4.37 Å². The van der Waals surface area contributed by atoms with Gasteiger partial charge in [-0.25, -0.2) is 4.98 Å². The van der Waals surface area contributed by atoms with Crippen molar-refractivity contribution < 1.29 is 0 Å². The van der Waals surface area contributed by atoms with Crippen molar-refractivity contribution in [1.29, 1.82) is 0 Å². The van der Waals surface area contributed by atoms with Gasteiger partial charge in [-0.05, 0) is 32.2 Å². The summed E-state index contributed by atoms with van der Waals surface area (Å²) >= 11 is 1.58. The van der Waals surface area contributed by atoms with Gasteiger partial charge in [0.1, 0.15) is 5.82 Å². The fraction of sp³-hybridized carbons (Fsp3) is 0.857. The van der Waals surface area contributed by atoms with Gasteiger partial charge in [-0.15, -0.1) is 0 Å². The van der Waals surface area contributed by atoms with Crippen molar-refractivity contribution in [1.82, 2.24) is 14.3 Å². The number of rotatable bonds is 3. The summed E-state index contributed by atoms with van der Waals surface area (Å²) in [5, 5.41) is 1.14. The number of fused-ring (bicyclic) bond motifs is 2. The maximum absolute atomic E-state index is 4.74. The second kappa shape index (κ2) is 5.37. The Bertz CT molecular complexity index is 431. The molecule has 2 saturated heterocycles. The summed E-state index contributed by atoms with van der Waals surface area (Å²) in [6, 6.07) is 1.50. The van der Waals surface area contributed by atoms with Crippen molar-refractivity contribution in [2.75, 3.05) is 25.0 Å². The molecule has 0 aromatic carbocycles. The van der Waals surface area contributed by atoms with Crippen LogP contribution in [0.4, 0.5) is 5.13 Å². The lowest BCUT2D eigenvalue weighted by Gasteiger charge is -2.24. The number of nitrogens with zero attached hydrogens (tertiary/aromatic N) is 4. The molecular weight excluding hydrogens is 256 g/mol. The van der Waals surface area contributed by atoms with Gasteiger partial charge in [-0.1, -0.05) is 13.8 Å². The van der Waals surface area contributed by atoms with Crippen LogP contribution in [-0.4, -0.2) is 46.5 Å². The van der Waals surface area contributed by atoms with Gasteiger partial charge in [-0.3, -0.25) is 4.90 Å². The number of hydrogen-bond acceptors (Lipinski definition) is 5. The van der Waals surface area contributed by atoms with Crippen LogP contribution >= 0.6 is 11.5 Å². The zero-order valence-corrected chi connectivity index (χ0v) is 13.0. The largest absolute Gasteiger partial charge is 0.345 e. The van der Waals surface area contributed by atoms with Crippen LogP contribution < -0.4 is 4.90 Å². The van der Waals surface area contributed by atoms with Crippen LogP contribution in [0.15, 0.2) is 0 Å². The number of anilines is 1. The quantitative estimate of drug-likeness (QED) is 0.851. The Morgan fingerprint density at radius 1 is 1.26 bits per heavy atom.